The summed E-state index contributed by atoms with van der Waals surface area (Å²) in [6.45, 7) is 0. The van der Waals surface area contributed by atoms with E-state index in [0.717, 1.165) is 48.5 Å². The van der Waals surface area contributed by atoms with Crippen molar-refractivity contribution in [3.63, 3.8) is 0 Å². The molecule has 8 aromatic carbocycles. The van der Waals surface area contributed by atoms with Gasteiger partial charge < -0.3 is 21.7 Å². The van der Waals surface area contributed by atoms with E-state index in [9.17, 15) is 122 Å². The highest BCUT2D eigenvalue weighted by atomic mass is 32.3. The van der Waals surface area contributed by atoms with Crippen LogP contribution in [-0.4, -0.2) is 154 Å². The summed E-state index contributed by atoms with van der Waals surface area (Å²) in [4.78, 5) is -9.17. The molecule has 0 unspecified atom stereocenters. The van der Waals surface area contributed by atoms with Crippen LogP contribution in [0.1, 0.15) is 0 Å². The number of azo groups is 4. The lowest BCUT2D eigenvalue weighted by molar-refractivity contribution is 0.471. The summed E-state index contributed by atoms with van der Waals surface area (Å²) in [6.07, 6.45) is 0. The number of rotatable bonds is 22. The Hall–Kier alpha value is -8.68. The van der Waals surface area contributed by atoms with Gasteiger partial charge in [0.25, 0.3) is 80.9 Å². The minimum absolute atomic E-state index is 0.295. The fourth-order valence-corrected chi connectivity index (χ4v) is 17.8. The fourth-order valence-electron chi connectivity index (χ4n) is 8.65. The standard InChI is InChI=1S/C46H38N10O30S10/c47-39-37-21(13-33(93(75,76)77)41(39)53-49-23-1-5-27(6-2-23)87(59,60)9-11-89(63,64)65)15-35(95(81,82)83)43(45(37)57)55-51-25-17-29-30(31(19-25)91(69,70)71)18-26(20-32(29)92(72,73)74)52-56-44-36(96(84,85)86)16-22-14-34(94(78,79)80)42(40(48)38(22)46(44)58)54-50-24-3-7-28(8-4-24)88(61,62)10-12-90(66,67)68/h1-8,13-20,57-58H,9-12,47-48H2,(H,63,64,65)(H,66,67,68)(H,69,70,71)(H,72,73,74)(H,75,76,77)(H,78,79,80)(H,81,82,83)(H,84,85,86). The number of benzene rings is 8. The molecule has 14 N–H and O–H groups in total. The number of hydrogen-bond donors (Lipinski definition) is 12. The van der Waals surface area contributed by atoms with Crippen LogP contribution in [0.25, 0.3) is 32.3 Å². The molecule has 0 amide bonds. The quantitative estimate of drug-likeness (QED) is 0.0204. The zero-order valence-electron chi connectivity index (χ0n) is 46.5. The lowest BCUT2D eigenvalue weighted by Gasteiger charge is -2.14. The van der Waals surface area contributed by atoms with Gasteiger partial charge in [-0.15, -0.1) is 20.5 Å². The predicted octanol–water partition coefficient (Wildman–Crippen LogP) is 6.19. The van der Waals surface area contributed by atoms with Crippen molar-refractivity contribution in [1.82, 2.24) is 0 Å². The number of hydrogen-bond acceptors (Lipinski definition) is 32. The Morgan fingerprint density at radius 2 is 0.542 bits per heavy atom. The molecule has 40 nitrogen and oxygen atoms in total. The van der Waals surface area contributed by atoms with Crippen molar-refractivity contribution in [2.75, 3.05) is 34.5 Å². The van der Waals surface area contributed by atoms with Gasteiger partial charge in [-0.3, -0.25) is 36.4 Å². The topological polar surface area (TPSA) is 695 Å². The highest BCUT2D eigenvalue weighted by molar-refractivity contribution is 7.94. The number of fused-ring (bicyclic) bond motifs is 3. The Kier molecular flexibility index (Phi) is 19.3. The Morgan fingerprint density at radius 1 is 0.292 bits per heavy atom. The van der Waals surface area contributed by atoms with Gasteiger partial charge in [0.05, 0.1) is 77.7 Å². The van der Waals surface area contributed by atoms with E-state index in [2.05, 4.69) is 40.9 Å². The molecule has 8 rings (SSSR count). The second-order valence-electron chi connectivity index (χ2n) is 19.4. The number of phenols is 2. The Balaban J connectivity index is 1.25. The van der Waals surface area contributed by atoms with Crippen LogP contribution in [0.3, 0.4) is 0 Å². The van der Waals surface area contributed by atoms with Gasteiger partial charge in [0, 0.05) is 10.8 Å². The highest BCUT2D eigenvalue weighted by Crippen LogP contribution is 2.51. The summed E-state index contributed by atoms with van der Waals surface area (Å²) < 4.78 is 329. The van der Waals surface area contributed by atoms with E-state index < -0.39 is 252 Å². The SMILES string of the molecule is Nc1c(N=Nc2ccc(S(=O)(=O)CCS(=O)(=O)O)cc2)c(S(=O)(=O)O)cc2cc(S(=O)(=O)O)c(N=Nc3cc(S(=O)(=O)O)c4cc(N=Nc5c(S(=O)(=O)O)cc6cc(S(=O)(=O)O)c(N=Nc7ccc(S(=O)(=O)CCS(=O)(=O)O)cc7)c(N)c6c5O)cc(S(=O)(=O)O)c4c3)c(O)c12. The fraction of sp³-hybridized carbons (Fsp3) is 0.0870. The van der Waals surface area contributed by atoms with Crippen LogP contribution < -0.4 is 11.5 Å². The Labute approximate surface area is 539 Å². The molecule has 0 aliphatic rings. The van der Waals surface area contributed by atoms with E-state index >= 15 is 0 Å². The van der Waals surface area contributed by atoms with Gasteiger partial charge in [0.15, 0.2) is 31.2 Å². The van der Waals surface area contributed by atoms with E-state index in [1.807, 2.05) is 0 Å². The summed E-state index contributed by atoms with van der Waals surface area (Å²) >= 11 is 0. The van der Waals surface area contributed by atoms with Crippen molar-refractivity contribution in [3.8, 4) is 11.5 Å². The van der Waals surface area contributed by atoms with E-state index in [1.54, 1.807) is 0 Å². The molecule has 8 aromatic rings. The van der Waals surface area contributed by atoms with E-state index in [0.29, 0.717) is 48.5 Å². The average Bonchev–Trinajstić information content (AvgIpc) is 0.750. The number of aromatic hydroxyl groups is 2. The number of nitrogens with zero attached hydrogens (tertiary/aromatic N) is 8. The summed E-state index contributed by atoms with van der Waals surface area (Å²) in [5.74, 6) is -7.34. The van der Waals surface area contributed by atoms with Crippen LogP contribution in [0, 0.1) is 0 Å². The molecule has 0 spiro atoms. The van der Waals surface area contributed by atoms with Crippen LogP contribution in [0.15, 0.2) is 177 Å². The first-order chi connectivity index (χ1) is 43.8. The highest BCUT2D eigenvalue weighted by Gasteiger charge is 2.32. The van der Waals surface area contributed by atoms with Crippen molar-refractivity contribution in [1.29, 1.82) is 0 Å². The molecular formula is C46H38N10O30S10. The largest absolute Gasteiger partial charge is 0.505 e. The average molecular weight is 1530 g/mol. The van der Waals surface area contributed by atoms with Gasteiger partial charge in [-0.1, -0.05) is 0 Å². The molecule has 0 fully saturated rings. The maximum absolute atomic E-state index is 13.1. The number of anilines is 2. The molecule has 0 heterocycles. The number of nitrogen functional groups attached to an aromatic ring is 2. The third-order valence-electron chi connectivity index (χ3n) is 12.9. The summed E-state index contributed by atoms with van der Waals surface area (Å²) in [7, 11) is -51.8. The molecule has 0 saturated heterocycles. The number of nitrogens with two attached hydrogens (primary N) is 2. The van der Waals surface area contributed by atoms with E-state index in [1.165, 1.54) is 0 Å². The van der Waals surface area contributed by atoms with Gasteiger partial charge in [-0.25, -0.2) is 16.8 Å². The van der Waals surface area contributed by atoms with Gasteiger partial charge in [0.2, 0.25) is 0 Å². The van der Waals surface area contributed by atoms with Crippen molar-refractivity contribution < 1.29 is 131 Å². The third kappa shape index (κ3) is 16.2. The normalized spacial score (nSPS) is 13.8. The molecule has 0 aliphatic carbocycles. The third-order valence-corrected chi connectivity index (χ3v) is 23.6. The molecule has 0 saturated carbocycles. The van der Waals surface area contributed by atoms with Crippen LogP contribution in [0.4, 0.5) is 56.9 Å². The first-order valence-electron chi connectivity index (χ1n) is 24.7. The smallest absolute Gasteiger partial charge is 0.296 e. The van der Waals surface area contributed by atoms with Crippen LogP contribution in [0.2, 0.25) is 0 Å². The molecule has 0 atom stereocenters. The second kappa shape index (κ2) is 25.4. The molecule has 96 heavy (non-hydrogen) atoms. The molecule has 0 aromatic heterocycles. The lowest BCUT2D eigenvalue weighted by atomic mass is 10.1. The Morgan fingerprint density at radius 3 is 0.802 bits per heavy atom. The lowest BCUT2D eigenvalue weighted by Crippen LogP contribution is -2.16. The van der Waals surface area contributed by atoms with Crippen molar-refractivity contribution in [2.24, 2.45) is 40.9 Å². The van der Waals surface area contributed by atoms with Crippen molar-refractivity contribution >= 4 is 190 Å². The van der Waals surface area contributed by atoms with Crippen LogP contribution in [0.5, 0.6) is 11.5 Å². The Bertz CT molecular complexity index is 5690. The molecule has 512 valence electrons. The number of phenolic OH excluding ortho intramolecular Hbond substituents is 2. The van der Waals surface area contributed by atoms with Gasteiger partial charge in [0.1, 0.15) is 52.1 Å². The minimum atomic E-state index is -5.72. The first kappa shape index (κ1) is 73.1. The monoisotopic (exact) mass is 1530 g/mol. The van der Waals surface area contributed by atoms with Crippen molar-refractivity contribution in [2.45, 2.75) is 39.2 Å². The maximum Gasteiger partial charge on any atom is 0.296 e. The second-order valence-corrected chi connectivity index (χ2v) is 35.1. The number of sulfone groups is 2. The molecule has 0 aliphatic heterocycles. The summed E-state index contributed by atoms with van der Waals surface area (Å²) in [6, 6.07) is 11.0. The zero-order chi connectivity index (χ0) is 71.8. The maximum atomic E-state index is 13.1. The molecule has 0 bridgehead atoms. The first-order valence-corrected chi connectivity index (χ1v) is 39.9. The van der Waals surface area contributed by atoms with Gasteiger partial charge >= 0.3 is 0 Å². The molecular weight excluding hydrogens is 1490 g/mol. The minimum Gasteiger partial charge on any atom is -0.505 e. The predicted molar refractivity (Wildman–Crippen MR) is 329 cm³/mol. The molecule has 0 radical (unpaired) electrons. The van der Waals surface area contributed by atoms with Gasteiger partial charge in [-0.05, 0) is 108 Å². The summed E-state index contributed by atoms with van der Waals surface area (Å²) in [5.41, 5.74) is 3.28. The zero-order valence-corrected chi connectivity index (χ0v) is 54.7. The van der Waals surface area contributed by atoms with E-state index in [4.69, 9.17) is 20.6 Å². The molecule has 50 heteroatoms. The van der Waals surface area contributed by atoms with E-state index in [-0.39, 0.29) is 11.4 Å². The van der Waals surface area contributed by atoms with Crippen molar-refractivity contribution in [3.05, 3.63) is 97.1 Å². The van der Waals surface area contributed by atoms with Gasteiger partial charge in [-0.2, -0.15) is 87.8 Å². The summed E-state index contributed by atoms with van der Waals surface area (Å²) in [5, 5.41) is 47.4. The van der Waals surface area contributed by atoms with Crippen LogP contribution >= 0.6 is 0 Å². The van der Waals surface area contributed by atoms with Crippen LogP contribution in [-0.2, 0) is 101 Å².